The number of hydrogen-bond donors (Lipinski definition) is 1. The summed E-state index contributed by atoms with van der Waals surface area (Å²) in [6, 6.07) is 10.7. The lowest BCUT2D eigenvalue weighted by Gasteiger charge is -2.19. The molecule has 3 rings (SSSR count). The highest BCUT2D eigenvalue weighted by Crippen LogP contribution is 2.23. The van der Waals surface area contributed by atoms with Gasteiger partial charge in [0.1, 0.15) is 18.7 Å². The first kappa shape index (κ1) is 19.1. The zero-order valence-corrected chi connectivity index (χ0v) is 16.2. The highest BCUT2D eigenvalue weighted by Gasteiger charge is 2.16. The first-order valence-electron chi connectivity index (χ1n) is 9.11. The minimum atomic E-state index is -0.359. The van der Waals surface area contributed by atoms with E-state index in [1.165, 1.54) is 18.1 Å². The second-order valence-electron chi connectivity index (χ2n) is 6.90. The van der Waals surface area contributed by atoms with Crippen molar-refractivity contribution >= 4 is 11.0 Å². The molecule has 142 valence electrons. The van der Waals surface area contributed by atoms with E-state index in [0.29, 0.717) is 18.7 Å². The number of fused-ring (bicyclic) bond motifs is 1. The molecule has 2 aromatic carbocycles. The van der Waals surface area contributed by atoms with Crippen LogP contribution in [0.2, 0.25) is 0 Å². The van der Waals surface area contributed by atoms with Gasteiger partial charge in [0, 0.05) is 22.6 Å². The van der Waals surface area contributed by atoms with Gasteiger partial charge in [-0.05, 0) is 50.1 Å². The topological polar surface area (TPSA) is 43.9 Å². The van der Waals surface area contributed by atoms with Crippen molar-refractivity contribution in [2.75, 3.05) is 13.7 Å². The fourth-order valence-electron chi connectivity index (χ4n) is 3.36. The first-order valence-corrected chi connectivity index (χ1v) is 9.11. The molecule has 5 heteroatoms. The van der Waals surface area contributed by atoms with Crippen LogP contribution >= 0.6 is 0 Å². The lowest BCUT2D eigenvalue weighted by atomic mass is 10.0. The van der Waals surface area contributed by atoms with Crippen molar-refractivity contribution in [1.82, 2.24) is 0 Å². The summed E-state index contributed by atoms with van der Waals surface area (Å²) < 4.78 is 24.4. The van der Waals surface area contributed by atoms with Crippen LogP contribution < -0.4 is 15.3 Å². The van der Waals surface area contributed by atoms with E-state index in [2.05, 4.69) is 6.92 Å². The predicted molar refractivity (Wildman–Crippen MR) is 104 cm³/mol. The lowest BCUT2D eigenvalue weighted by molar-refractivity contribution is -0.925. The van der Waals surface area contributed by atoms with Crippen LogP contribution in [0.3, 0.4) is 0 Å². The Labute approximate surface area is 158 Å². The van der Waals surface area contributed by atoms with Gasteiger partial charge in [0.2, 0.25) is 0 Å². The highest BCUT2D eigenvalue weighted by molar-refractivity contribution is 5.83. The third-order valence-corrected chi connectivity index (χ3v) is 5.13. The van der Waals surface area contributed by atoms with Gasteiger partial charge < -0.3 is 14.1 Å². The third kappa shape index (κ3) is 4.03. The van der Waals surface area contributed by atoms with Gasteiger partial charge in [-0.15, -0.1) is 0 Å². The van der Waals surface area contributed by atoms with Gasteiger partial charge in [0.05, 0.1) is 13.7 Å². The quantitative estimate of drug-likeness (QED) is 0.678. The van der Waals surface area contributed by atoms with Crippen LogP contribution in [0.5, 0.6) is 5.75 Å². The summed E-state index contributed by atoms with van der Waals surface area (Å²) in [6.45, 7) is 8.22. The average molecular weight is 370 g/mol. The number of quaternary nitrogens is 1. The molecule has 0 amide bonds. The molecule has 27 heavy (non-hydrogen) atoms. The van der Waals surface area contributed by atoms with Crippen LogP contribution in [0.4, 0.5) is 4.39 Å². The van der Waals surface area contributed by atoms with Crippen LogP contribution in [-0.2, 0) is 13.1 Å². The summed E-state index contributed by atoms with van der Waals surface area (Å²) in [5, 5.41) is 0.963. The molecule has 4 nitrogen and oxygen atoms in total. The molecule has 0 aliphatic heterocycles. The Balaban J connectivity index is 1.92. The number of rotatable bonds is 6. The summed E-state index contributed by atoms with van der Waals surface area (Å²) in [4.78, 5) is 13.3. The fraction of sp³-hybridized carbons (Fsp3) is 0.318. The van der Waals surface area contributed by atoms with Crippen molar-refractivity contribution in [3.05, 3.63) is 74.9 Å². The van der Waals surface area contributed by atoms with Crippen molar-refractivity contribution in [1.29, 1.82) is 0 Å². The van der Waals surface area contributed by atoms with Crippen molar-refractivity contribution in [3.8, 4) is 5.75 Å². The van der Waals surface area contributed by atoms with Crippen molar-refractivity contribution in [3.63, 3.8) is 0 Å². The maximum absolute atomic E-state index is 14.0. The van der Waals surface area contributed by atoms with Crippen molar-refractivity contribution in [2.45, 2.75) is 33.9 Å². The third-order valence-electron chi connectivity index (χ3n) is 5.13. The summed E-state index contributed by atoms with van der Waals surface area (Å²) in [6.07, 6.45) is 0. The molecule has 0 bridgehead atoms. The molecule has 3 aromatic rings. The Morgan fingerprint density at radius 3 is 2.56 bits per heavy atom. The molecule has 0 saturated heterocycles. The molecule has 0 saturated carbocycles. The van der Waals surface area contributed by atoms with E-state index < -0.39 is 0 Å². The number of halogens is 1. The largest absolute Gasteiger partial charge is 0.494 e. The Morgan fingerprint density at radius 2 is 1.89 bits per heavy atom. The number of ether oxygens (including phenoxy) is 1. The van der Waals surface area contributed by atoms with Gasteiger partial charge in [-0.2, -0.15) is 0 Å². The molecule has 1 atom stereocenters. The van der Waals surface area contributed by atoms with Gasteiger partial charge >= 0.3 is 5.63 Å². The molecular weight excluding hydrogens is 345 g/mol. The molecule has 0 spiro atoms. The molecule has 0 radical (unpaired) electrons. The zero-order chi connectivity index (χ0) is 19.6. The molecule has 1 N–H and O–H groups in total. The van der Waals surface area contributed by atoms with E-state index in [-0.39, 0.29) is 17.2 Å². The number of benzene rings is 2. The van der Waals surface area contributed by atoms with Gasteiger partial charge in [-0.25, -0.2) is 9.18 Å². The van der Waals surface area contributed by atoms with Crippen molar-refractivity contribution in [2.24, 2.45) is 0 Å². The van der Waals surface area contributed by atoms with Crippen LogP contribution in [-0.4, -0.2) is 13.7 Å². The van der Waals surface area contributed by atoms with Crippen LogP contribution in [0, 0.1) is 19.7 Å². The highest BCUT2D eigenvalue weighted by atomic mass is 19.1. The number of aryl methyl sites for hydroxylation is 2. The predicted octanol–water partition coefficient (Wildman–Crippen LogP) is 3.16. The second kappa shape index (κ2) is 7.92. The fourth-order valence-corrected chi connectivity index (χ4v) is 3.36. The molecule has 1 unspecified atom stereocenters. The first-order chi connectivity index (χ1) is 12.9. The summed E-state index contributed by atoms with van der Waals surface area (Å²) >= 11 is 0. The summed E-state index contributed by atoms with van der Waals surface area (Å²) in [5.41, 5.74) is 4.25. The van der Waals surface area contributed by atoms with E-state index in [4.69, 9.17) is 9.15 Å². The van der Waals surface area contributed by atoms with Gasteiger partial charge in [-0.1, -0.05) is 12.1 Å². The number of methoxy groups -OCH3 is 1. The Hall–Kier alpha value is -2.66. The molecule has 0 aliphatic carbocycles. The lowest BCUT2D eigenvalue weighted by Crippen LogP contribution is -3.09. The van der Waals surface area contributed by atoms with Crippen LogP contribution in [0.1, 0.15) is 29.2 Å². The number of nitrogens with one attached hydrogen (secondary N) is 1. The standard InChI is InChI=1S/C22H24FNO3/c1-5-24(12-16-7-9-20(26-4)19(23)10-16)13-17-11-21(25)27-22-15(3)14(2)6-8-18(17)22/h6-11H,5,12-13H2,1-4H3/p+1. The monoisotopic (exact) mass is 370 g/mol. The SMILES string of the molecule is CC[NH+](Cc1ccc(OC)c(F)c1)Cc1cc(=O)oc2c(C)c(C)ccc12. The Morgan fingerprint density at radius 1 is 1.11 bits per heavy atom. The summed E-state index contributed by atoms with van der Waals surface area (Å²) in [5.74, 6) is -0.114. The van der Waals surface area contributed by atoms with Gasteiger partial charge in [-0.3, -0.25) is 0 Å². The molecule has 0 aliphatic rings. The van der Waals surface area contributed by atoms with E-state index in [0.717, 1.165) is 34.2 Å². The van der Waals surface area contributed by atoms with Crippen LogP contribution in [0.25, 0.3) is 11.0 Å². The Kier molecular flexibility index (Phi) is 5.61. The van der Waals surface area contributed by atoms with E-state index in [1.807, 2.05) is 32.0 Å². The maximum Gasteiger partial charge on any atom is 0.336 e. The summed E-state index contributed by atoms with van der Waals surface area (Å²) in [7, 11) is 1.46. The van der Waals surface area contributed by atoms with E-state index >= 15 is 0 Å². The van der Waals surface area contributed by atoms with Crippen molar-refractivity contribution < 1.29 is 18.4 Å². The zero-order valence-electron chi connectivity index (χ0n) is 16.2. The molecular formula is C22H25FNO3+. The minimum Gasteiger partial charge on any atom is -0.494 e. The van der Waals surface area contributed by atoms with Crippen LogP contribution in [0.15, 0.2) is 45.6 Å². The van der Waals surface area contributed by atoms with Gasteiger partial charge in [0.15, 0.2) is 11.6 Å². The normalized spacial score (nSPS) is 12.3. The average Bonchev–Trinajstić information content (AvgIpc) is 2.64. The smallest absolute Gasteiger partial charge is 0.336 e. The Bertz CT molecular complexity index is 1030. The molecule has 1 aromatic heterocycles. The second-order valence-corrected chi connectivity index (χ2v) is 6.90. The molecule has 0 fully saturated rings. The van der Waals surface area contributed by atoms with Gasteiger partial charge in [0.25, 0.3) is 0 Å². The number of hydrogen-bond acceptors (Lipinski definition) is 3. The van der Waals surface area contributed by atoms with E-state index in [1.54, 1.807) is 12.1 Å². The maximum atomic E-state index is 14.0. The molecule has 1 heterocycles. The van der Waals surface area contributed by atoms with E-state index in [9.17, 15) is 9.18 Å². The minimum absolute atomic E-state index is 0.245.